The highest BCUT2D eigenvalue weighted by Crippen LogP contribution is 2.17. The maximum Gasteiger partial charge on any atom is 0.407 e. The normalized spacial score (nSPS) is 12.9. The fraction of sp³-hybridized carbons (Fsp3) is 0.625. The van der Waals surface area contributed by atoms with E-state index in [0.717, 1.165) is 0 Å². The molecule has 0 aromatic carbocycles. The number of ether oxygens (including phenoxy) is 1. The molecule has 1 atom stereocenters. The minimum atomic E-state index is -0.551. The van der Waals surface area contributed by atoms with Crippen LogP contribution in [0.15, 0.2) is 10.5 Å². The monoisotopic (exact) mass is 295 g/mol. The van der Waals surface area contributed by atoms with E-state index in [1.54, 1.807) is 40.7 Å². The molecule has 0 aliphatic heterocycles. The second kappa shape index (κ2) is 6.78. The zero-order valence-electron chi connectivity index (χ0n) is 13.7. The van der Waals surface area contributed by atoms with Gasteiger partial charge in [0.2, 0.25) is 0 Å². The number of furan rings is 1. The highest BCUT2D eigenvalue weighted by atomic mass is 16.6. The summed E-state index contributed by atoms with van der Waals surface area (Å²) in [4.78, 5) is 24.0. The molecule has 0 aliphatic carbocycles. The van der Waals surface area contributed by atoms with Crippen molar-refractivity contribution >= 4 is 11.9 Å². The molecule has 1 heterocycles. The number of hydrogen-bond donors (Lipinski definition) is 1. The molecule has 0 aliphatic rings. The van der Waals surface area contributed by atoms with Gasteiger partial charge in [0, 0.05) is 12.5 Å². The third-order valence-electron chi connectivity index (χ3n) is 2.99. The van der Waals surface area contributed by atoms with Crippen LogP contribution >= 0.6 is 0 Å². The summed E-state index contributed by atoms with van der Waals surface area (Å²) < 4.78 is 10.6. The van der Waals surface area contributed by atoms with E-state index < -0.39 is 11.7 Å². The van der Waals surface area contributed by atoms with Crippen molar-refractivity contribution in [3.05, 3.63) is 23.2 Å². The lowest BCUT2D eigenvalue weighted by atomic mass is 10.0. The molecule has 0 bridgehead atoms. The van der Waals surface area contributed by atoms with Crippen LogP contribution in [0.3, 0.4) is 0 Å². The number of rotatable bonds is 5. The first-order valence-electron chi connectivity index (χ1n) is 7.22. The summed E-state index contributed by atoms with van der Waals surface area (Å²) in [6, 6.07) is 1.49. The van der Waals surface area contributed by atoms with E-state index >= 15 is 0 Å². The molecule has 118 valence electrons. The van der Waals surface area contributed by atoms with Crippen LogP contribution in [0.4, 0.5) is 4.79 Å². The van der Waals surface area contributed by atoms with Crippen molar-refractivity contribution in [2.24, 2.45) is 0 Å². The molecule has 1 unspecified atom stereocenters. The third kappa shape index (κ3) is 5.61. The molecule has 21 heavy (non-hydrogen) atoms. The third-order valence-corrected chi connectivity index (χ3v) is 2.99. The zero-order valence-corrected chi connectivity index (χ0v) is 13.7. The van der Waals surface area contributed by atoms with Gasteiger partial charge in [0.05, 0.1) is 5.56 Å². The summed E-state index contributed by atoms with van der Waals surface area (Å²) in [6.45, 7) is 10.9. The second-order valence-electron chi connectivity index (χ2n) is 6.21. The Morgan fingerprint density at radius 3 is 2.38 bits per heavy atom. The van der Waals surface area contributed by atoms with Crippen LogP contribution in [-0.4, -0.2) is 23.5 Å². The van der Waals surface area contributed by atoms with Gasteiger partial charge in [-0.3, -0.25) is 4.79 Å². The molecule has 1 aromatic rings. The van der Waals surface area contributed by atoms with E-state index in [9.17, 15) is 9.59 Å². The van der Waals surface area contributed by atoms with Gasteiger partial charge in [-0.2, -0.15) is 0 Å². The van der Waals surface area contributed by atoms with Gasteiger partial charge in [-0.25, -0.2) is 4.79 Å². The lowest BCUT2D eigenvalue weighted by Crippen LogP contribution is -2.39. The van der Waals surface area contributed by atoms with Crippen molar-refractivity contribution in [2.45, 2.75) is 66.0 Å². The van der Waals surface area contributed by atoms with E-state index in [-0.39, 0.29) is 18.2 Å². The van der Waals surface area contributed by atoms with Gasteiger partial charge in [0.25, 0.3) is 0 Å². The molecule has 0 spiro atoms. The first-order chi connectivity index (χ1) is 9.62. The van der Waals surface area contributed by atoms with Crippen LogP contribution in [0.2, 0.25) is 0 Å². The minimum Gasteiger partial charge on any atom is -0.466 e. The van der Waals surface area contributed by atoms with E-state index in [0.29, 0.717) is 23.5 Å². The van der Waals surface area contributed by atoms with Crippen molar-refractivity contribution in [1.82, 2.24) is 5.32 Å². The number of ketones is 1. The van der Waals surface area contributed by atoms with Gasteiger partial charge in [0.1, 0.15) is 17.1 Å². The van der Waals surface area contributed by atoms with Gasteiger partial charge >= 0.3 is 6.09 Å². The van der Waals surface area contributed by atoms with Crippen LogP contribution in [0.1, 0.15) is 62.4 Å². The number of nitrogens with one attached hydrogen (secondary N) is 1. The summed E-state index contributed by atoms with van der Waals surface area (Å²) in [6.07, 6.45) is 0.387. The molecule has 0 fully saturated rings. The number of carbonyl (C=O) groups excluding carboxylic acids is 2. The molecule has 0 saturated carbocycles. The average Bonchev–Trinajstić information content (AvgIpc) is 2.65. The number of Topliss-reactive ketones (excluding diaryl/α,β-unsaturated/α-hetero) is 1. The Labute approximate surface area is 126 Å². The minimum absolute atomic E-state index is 0.0349. The summed E-state index contributed by atoms with van der Waals surface area (Å²) >= 11 is 0. The van der Waals surface area contributed by atoms with Crippen LogP contribution in [-0.2, 0) is 4.74 Å². The number of aryl methyl sites for hydroxylation is 2. The first-order valence-corrected chi connectivity index (χ1v) is 7.22. The summed E-state index contributed by atoms with van der Waals surface area (Å²) in [5, 5.41) is 2.74. The number of hydrogen-bond acceptors (Lipinski definition) is 4. The summed E-state index contributed by atoms with van der Waals surface area (Å²) in [5.41, 5.74) is 0.0295. The number of alkyl carbamates (subject to hydrolysis) is 1. The lowest BCUT2D eigenvalue weighted by Gasteiger charge is -2.22. The molecule has 5 heteroatoms. The van der Waals surface area contributed by atoms with Gasteiger partial charge in [-0.1, -0.05) is 6.92 Å². The lowest BCUT2D eigenvalue weighted by molar-refractivity contribution is 0.0500. The molecule has 1 N–H and O–H groups in total. The molecule has 0 saturated heterocycles. The number of amides is 1. The van der Waals surface area contributed by atoms with Crippen molar-refractivity contribution in [1.29, 1.82) is 0 Å². The maximum absolute atomic E-state index is 12.3. The second-order valence-corrected chi connectivity index (χ2v) is 6.21. The molecule has 5 nitrogen and oxygen atoms in total. The SMILES string of the molecule is CCC(CC(=O)c1cc(C)oc1C)NC(=O)OC(C)(C)C. The Bertz CT molecular complexity index is 511. The fourth-order valence-electron chi connectivity index (χ4n) is 2.01. The summed E-state index contributed by atoms with van der Waals surface area (Å²) in [5.74, 6) is 1.29. The van der Waals surface area contributed by atoms with Crippen molar-refractivity contribution < 1.29 is 18.7 Å². The largest absolute Gasteiger partial charge is 0.466 e. The number of carbonyl (C=O) groups is 2. The Hall–Kier alpha value is -1.78. The Morgan fingerprint density at radius 2 is 1.95 bits per heavy atom. The van der Waals surface area contributed by atoms with Crippen LogP contribution in [0, 0.1) is 13.8 Å². The van der Waals surface area contributed by atoms with Crippen molar-refractivity contribution in [3.8, 4) is 0 Å². The highest BCUT2D eigenvalue weighted by molar-refractivity contribution is 5.97. The molecular formula is C16H25NO4. The zero-order chi connectivity index (χ0) is 16.2. The van der Waals surface area contributed by atoms with Crippen LogP contribution < -0.4 is 5.32 Å². The molecule has 1 aromatic heterocycles. The maximum atomic E-state index is 12.3. The van der Waals surface area contributed by atoms with Gasteiger partial charge in [0.15, 0.2) is 5.78 Å². The van der Waals surface area contributed by atoms with E-state index in [2.05, 4.69) is 5.32 Å². The standard InChI is InChI=1S/C16H25NO4/c1-7-12(17-15(19)21-16(4,5)6)9-14(18)13-8-10(2)20-11(13)3/h8,12H,7,9H2,1-6H3,(H,17,19). The Morgan fingerprint density at radius 1 is 1.33 bits per heavy atom. The fourth-order valence-corrected chi connectivity index (χ4v) is 2.01. The Balaban J connectivity index is 2.64. The van der Waals surface area contributed by atoms with Crippen LogP contribution in [0.25, 0.3) is 0 Å². The first kappa shape index (κ1) is 17.3. The molecule has 1 rings (SSSR count). The Kier molecular flexibility index (Phi) is 5.58. The highest BCUT2D eigenvalue weighted by Gasteiger charge is 2.22. The smallest absolute Gasteiger partial charge is 0.407 e. The van der Waals surface area contributed by atoms with E-state index in [1.165, 1.54) is 0 Å². The van der Waals surface area contributed by atoms with Gasteiger partial charge in [-0.05, 0) is 47.1 Å². The van der Waals surface area contributed by atoms with Crippen LogP contribution in [0.5, 0.6) is 0 Å². The van der Waals surface area contributed by atoms with Crippen molar-refractivity contribution in [2.75, 3.05) is 0 Å². The van der Waals surface area contributed by atoms with E-state index in [4.69, 9.17) is 9.15 Å². The summed E-state index contributed by atoms with van der Waals surface area (Å²) in [7, 11) is 0. The predicted molar refractivity (Wildman–Crippen MR) is 80.6 cm³/mol. The van der Waals surface area contributed by atoms with E-state index in [1.807, 2.05) is 6.92 Å². The molecule has 0 radical (unpaired) electrons. The van der Waals surface area contributed by atoms with Gasteiger partial charge < -0.3 is 14.5 Å². The molecular weight excluding hydrogens is 270 g/mol. The van der Waals surface area contributed by atoms with Crippen molar-refractivity contribution in [3.63, 3.8) is 0 Å². The average molecular weight is 295 g/mol. The molecule has 1 amide bonds. The van der Waals surface area contributed by atoms with Gasteiger partial charge in [-0.15, -0.1) is 0 Å². The quantitative estimate of drug-likeness (QED) is 0.839. The topological polar surface area (TPSA) is 68.5 Å². The predicted octanol–water partition coefficient (Wildman–Crippen LogP) is 3.77.